The number of rotatable bonds is 4. The second kappa shape index (κ2) is 4.26. The van der Waals surface area contributed by atoms with Crippen molar-refractivity contribution < 1.29 is 9.53 Å². The number of hydrogen-bond acceptors (Lipinski definition) is 3. The number of carbonyl (C=O) groups excluding carboxylic acids is 1. The van der Waals surface area contributed by atoms with Crippen LogP contribution in [0.15, 0.2) is 12.4 Å². The first-order valence-electron chi connectivity index (χ1n) is 4.71. The molecule has 1 heterocycles. The van der Waals surface area contributed by atoms with Crippen molar-refractivity contribution in [3.8, 4) is 0 Å². The Morgan fingerprint density at radius 2 is 2.36 bits per heavy atom. The highest BCUT2D eigenvalue weighted by atomic mass is 16.5. The predicted octanol–water partition coefficient (Wildman–Crippen LogP) is 1.64. The lowest BCUT2D eigenvalue weighted by molar-refractivity contribution is -0.144. The fourth-order valence-corrected chi connectivity index (χ4v) is 1.29. The minimum absolute atomic E-state index is 0.186. The van der Waals surface area contributed by atoms with E-state index >= 15 is 0 Å². The molecule has 0 bridgehead atoms. The molecule has 0 fully saturated rings. The zero-order chi connectivity index (χ0) is 10.6. The van der Waals surface area contributed by atoms with Crippen molar-refractivity contribution >= 4 is 5.97 Å². The third-order valence-electron chi connectivity index (χ3n) is 2.03. The highest BCUT2D eigenvalue weighted by Gasteiger charge is 2.27. The summed E-state index contributed by atoms with van der Waals surface area (Å²) in [6, 6.07) is 0. The molecule has 14 heavy (non-hydrogen) atoms. The Morgan fingerprint density at radius 3 is 2.86 bits per heavy atom. The van der Waals surface area contributed by atoms with E-state index in [0.29, 0.717) is 13.0 Å². The maximum atomic E-state index is 11.3. The van der Waals surface area contributed by atoms with Gasteiger partial charge in [0.1, 0.15) is 5.82 Å². The maximum absolute atomic E-state index is 11.3. The van der Waals surface area contributed by atoms with E-state index in [2.05, 4.69) is 9.97 Å². The second-order valence-corrected chi connectivity index (χ2v) is 3.80. The van der Waals surface area contributed by atoms with Crippen molar-refractivity contribution in [2.75, 3.05) is 6.61 Å². The van der Waals surface area contributed by atoms with Crippen molar-refractivity contribution in [2.24, 2.45) is 0 Å². The highest BCUT2D eigenvalue weighted by Crippen LogP contribution is 2.23. The molecule has 0 atom stereocenters. The lowest BCUT2D eigenvalue weighted by Crippen LogP contribution is -2.24. The third-order valence-corrected chi connectivity index (χ3v) is 2.03. The molecule has 78 valence electrons. The van der Waals surface area contributed by atoms with Crippen LogP contribution in [0.5, 0.6) is 0 Å². The van der Waals surface area contributed by atoms with Gasteiger partial charge >= 0.3 is 5.97 Å². The number of nitrogens with zero attached hydrogens (tertiary/aromatic N) is 1. The average Bonchev–Trinajstić information content (AvgIpc) is 2.54. The van der Waals surface area contributed by atoms with Gasteiger partial charge in [-0.05, 0) is 6.92 Å². The van der Waals surface area contributed by atoms with Crippen LogP contribution in [0.3, 0.4) is 0 Å². The molecular weight excluding hydrogens is 180 g/mol. The Bertz CT molecular complexity index is 291. The van der Waals surface area contributed by atoms with E-state index in [0.717, 1.165) is 5.82 Å². The lowest BCUT2D eigenvalue weighted by atomic mass is 9.88. The Kier molecular flexibility index (Phi) is 3.28. The molecule has 1 N–H and O–H groups in total. The Hall–Kier alpha value is -1.32. The minimum Gasteiger partial charge on any atom is -0.466 e. The smallest absolute Gasteiger partial charge is 0.306 e. The van der Waals surface area contributed by atoms with Crippen LogP contribution >= 0.6 is 0 Å². The van der Waals surface area contributed by atoms with Gasteiger partial charge in [0.15, 0.2) is 0 Å². The van der Waals surface area contributed by atoms with Crippen molar-refractivity contribution in [1.82, 2.24) is 9.97 Å². The molecule has 0 unspecified atom stereocenters. The van der Waals surface area contributed by atoms with Gasteiger partial charge in [0.25, 0.3) is 0 Å². The van der Waals surface area contributed by atoms with Gasteiger partial charge in [-0.15, -0.1) is 0 Å². The van der Waals surface area contributed by atoms with E-state index in [9.17, 15) is 4.79 Å². The van der Waals surface area contributed by atoms with Crippen molar-refractivity contribution in [3.63, 3.8) is 0 Å². The predicted molar refractivity (Wildman–Crippen MR) is 52.9 cm³/mol. The maximum Gasteiger partial charge on any atom is 0.306 e. The molecule has 4 nitrogen and oxygen atoms in total. The van der Waals surface area contributed by atoms with Gasteiger partial charge in [0, 0.05) is 17.8 Å². The first kappa shape index (κ1) is 10.8. The molecule has 0 aromatic carbocycles. The fourth-order valence-electron chi connectivity index (χ4n) is 1.29. The summed E-state index contributed by atoms with van der Waals surface area (Å²) in [5, 5.41) is 0. The van der Waals surface area contributed by atoms with Crippen LogP contribution in [0.1, 0.15) is 33.0 Å². The summed E-state index contributed by atoms with van der Waals surface area (Å²) in [7, 11) is 0. The standard InChI is InChI=1S/C10H16N2O2/c1-4-14-8(13)7-10(2,3)9-11-5-6-12-9/h5-6H,4,7H2,1-3H3,(H,11,12). The van der Waals surface area contributed by atoms with Gasteiger partial charge in [-0.25, -0.2) is 4.98 Å². The zero-order valence-corrected chi connectivity index (χ0v) is 8.83. The normalized spacial score (nSPS) is 11.4. The monoisotopic (exact) mass is 196 g/mol. The summed E-state index contributed by atoms with van der Waals surface area (Å²) in [6.07, 6.45) is 3.78. The van der Waals surface area contributed by atoms with Crippen LogP contribution < -0.4 is 0 Å². The van der Waals surface area contributed by atoms with Gasteiger partial charge in [0.05, 0.1) is 13.0 Å². The number of imidazole rings is 1. The van der Waals surface area contributed by atoms with Gasteiger partial charge in [-0.3, -0.25) is 4.79 Å². The fraction of sp³-hybridized carbons (Fsp3) is 0.600. The molecule has 4 heteroatoms. The van der Waals surface area contributed by atoms with E-state index in [1.165, 1.54) is 0 Å². The van der Waals surface area contributed by atoms with Crippen LogP contribution in [-0.2, 0) is 14.9 Å². The van der Waals surface area contributed by atoms with E-state index in [1.807, 2.05) is 13.8 Å². The Morgan fingerprint density at radius 1 is 1.64 bits per heavy atom. The summed E-state index contributed by atoms with van der Waals surface area (Å²) in [4.78, 5) is 18.4. The first-order chi connectivity index (χ1) is 6.56. The molecule has 0 saturated carbocycles. The van der Waals surface area contributed by atoms with Crippen LogP contribution in [0.25, 0.3) is 0 Å². The van der Waals surface area contributed by atoms with Gasteiger partial charge in [-0.2, -0.15) is 0 Å². The topological polar surface area (TPSA) is 55.0 Å². The highest BCUT2D eigenvalue weighted by molar-refractivity contribution is 5.71. The van der Waals surface area contributed by atoms with Gasteiger partial charge in [0.2, 0.25) is 0 Å². The lowest BCUT2D eigenvalue weighted by Gasteiger charge is -2.20. The SMILES string of the molecule is CCOC(=O)CC(C)(C)c1ncc[nH]1. The number of hydrogen-bond donors (Lipinski definition) is 1. The van der Waals surface area contributed by atoms with Crippen LogP contribution in [0, 0.1) is 0 Å². The van der Waals surface area contributed by atoms with Gasteiger partial charge in [-0.1, -0.05) is 13.8 Å². The Labute approximate surface area is 83.7 Å². The largest absolute Gasteiger partial charge is 0.466 e. The minimum atomic E-state index is -0.296. The average molecular weight is 196 g/mol. The molecule has 0 amide bonds. The van der Waals surface area contributed by atoms with Crippen molar-refractivity contribution in [1.29, 1.82) is 0 Å². The summed E-state index contributed by atoms with van der Waals surface area (Å²) < 4.78 is 4.90. The van der Waals surface area contributed by atoms with Crippen LogP contribution in [-0.4, -0.2) is 22.5 Å². The van der Waals surface area contributed by atoms with E-state index < -0.39 is 0 Å². The Balaban J connectivity index is 2.63. The number of aromatic nitrogens is 2. The summed E-state index contributed by atoms with van der Waals surface area (Å²) >= 11 is 0. The summed E-state index contributed by atoms with van der Waals surface area (Å²) in [5.41, 5.74) is -0.296. The van der Waals surface area contributed by atoms with E-state index in [-0.39, 0.29) is 11.4 Å². The van der Waals surface area contributed by atoms with E-state index in [1.54, 1.807) is 19.3 Å². The second-order valence-electron chi connectivity index (χ2n) is 3.80. The number of carbonyl (C=O) groups is 1. The quantitative estimate of drug-likeness (QED) is 0.745. The molecule has 1 aromatic heterocycles. The summed E-state index contributed by atoms with van der Waals surface area (Å²) in [5.74, 6) is 0.624. The molecule has 0 aliphatic heterocycles. The molecule has 0 radical (unpaired) electrons. The molecule has 1 aromatic rings. The number of nitrogens with one attached hydrogen (secondary N) is 1. The zero-order valence-electron chi connectivity index (χ0n) is 8.83. The summed E-state index contributed by atoms with van der Waals surface area (Å²) in [6.45, 7) is 6.15. The van der Waals surface area contributed by atoms with Crippen LogP contribution in [0.4, 0.5) is 0 Å². The number of aromatic amines is 1. The first-order valence-corrected chi connectivity index (χ1v) is 4.71. The van der Waals surface area contributed by atoms with Crippen molar-refractivity contribution in [3.05, 3.63) is 18.2 Å². The van der Waals surface area contributed by atoms with E-state index in [4.69, 9.17) is 4.74 Å². The third kappa shape index (κ3) is 2.58. The van der Waals surface area contributed by atoms with Gasteiger partial charge < -0.3 is 9.72 Å². The molecule has 0 saturated heterocycles. The molecular formula is C10H16N2O2. The van der Waals surface area contributed by atoms with Crippen LogP contribution in [0.2, 0.25) is 0 Å². The number of esters is 1. The number of ether oxygens (including phenoxy) is 1. The molecule has 1 rings (SSSR count). The molecule has 0 aliphatic rings. The molecule has 0 spiro atoms. The van der Waals surface area contributed by atoms with Crippen molar-refractivity contribution in [2.45, 2.75) is 32.6 Å². The number of H-pyrrole nitrogens is 1. The molecule has 0 aliphatic carbocycles.